The van der Waals surface area contributed by atoms with Crippen molar-refractivity contribution < 1.29 is 9.53 Å². The van der Waals surface area contributed by atoms with Crippen LogP contribution in [0, 0.1) is 0 Å². The first-order chi connectivity index (χ1) is 15.2. The zero-order valence-electron chi connectivity index (χ0n) is 18.8. The van der Waals surface area contributed by atoms with Gasteiger partial charge in [-0.25, -0.2) is 0 Å². The van der Waals surface area contributed by atoms with Gasteiger partial charge in [0.1, 0.15) is 12.4 Å². The highest BCUT2D eigenvalue weighted by Crippen LogP contribution is 2.40. The summed E-state index contributed by atoms with van der Waals surface area (Å²) in [5, 5.41) is 3.19. The molecule has 1 aliphatic carbocycles. The Morgan fingerprint density at radius 1 is 1.00 bits per heavy atom. The van der Waals surface area contributed by atoms with E-state index >= 15 is 0 Å². The minimum atomic E-state index is -0.417. The number of nitrogens with zero attached hydrogens (tertiary/aromatic N) is 1. The fraction of sp³-hybridized carbons (Fsp3) is 0.519. The topological polar surface area (TPSA) is 41.6 Å². The van der Waals surface area contributed by atoms with Crippen LogP contribution in [0.5, 0.6) is 5.75 Å². The summed E-state index contributed by atoms with van der Waals surface area (Å²) in [4.78, 5) is 15.9. The standard InChI is InChI=1S/C27H36N2O2/c1-22-10-6-9-19-29(22)20-21-31-25-15-13-24(14-16-25)28-26(30)27(17-7-3-8-18-27)23-11-4-2-5-12-23/h2,4-5,11-16,22H,3,6-10,17-21H2,1H3,(H,28,30)/t22-/m0/s1. The maximum absolute atomic E-state index is 13.4. The Balaban J connectivity index is 1.35. The number of amides is 1. The molecule has 1 heterocycles. The number of carbonyl (C=O) groups excluding carboxylic acids is 1. The summed E-state index contributed by atoms with van der Waals surface area (Å²) < 4.78 is 5.97. The molecule has 2 aromatic carbocycles. The SMILES string of the molecule is C[C@H]1CCCCN1CCOc1ccc(NC(=O)C2(c3ccccc3)CCCCC2)cc1. The number of benzene rings is 2. The van der Waals surface area contributed by atoms with Crippen molar-refractivity contribution in [3.8, 4) is 5.75 Å². The van der Waals surface area contributed by atoms with E-state index in [0.29, 0.717) is 12.6 Å². The Morgan fingerprint density at radius 3 is 2.45 bits per heavy atom. The number of hydrogen-bond acceptors (Lipinski definition) is 3. The Kier molecular flexibility index (Phi) is 7.29. The van der Waals surface area contributed by atoms with Gasteiger partial charge in [0.05, 0.1) is 5.41 Å². The zero-order valence-corrected chi connectivity index (χ0v) is 18.8. The van der Waals surface area contributed by atoms with Crippen LogP contribution in [0.1, 0.15) is 63.9 Å². The van der Waals surface area contributed by atoms with Crippen LogP contribution in [0.4, 0.5) is 5.69 Å². The molecule has 1 N–H and O–H groups in total. The van der Waals surface area contributed by atoms with E-state index in [-0.39, 0.29) is 5.91 Å². The second kappa shape index (κ2) is 10.3. The van der Waals surface area contributed by atoms with Gasteiger partial charge in [-0.1, -0.05) is 56.0 Å². The van der Waals surface area contributed by atoms with Gasteiger partial charge in [-0.15, -0.1) is 0 Å². The van der Waals surface area contributed by atoms with Crippen molar-refractivity contribution in [2.45, 2.75) is 69.7 Å². The molecule has 1 saturated carbocycles. The molecular formula is C27H36N2O2. The largest absolute Gasteiger partial charge is 0.492 e. The lowest BCUT2D eigenvalue weighted by atomic mass is 9.68. The summed E-state index contributed by atoms with van der Waals surface area (Å²) in [7, 11) is 0. The van der Waals surface area contributed by atoms with E-state index in [4.69, 9.17) is 4.74 Å². The maximum Gasteiger partial charge on any atom is 0.235 e. The number of hydrogen-bond donors (Lipinski definition) is 1. The normalized spacial score (nSPS) is 21.4. The van der Waals surface area contributed by atoms with Gasteiger partial charge >= 0.3 is 0 Å². The average Bonchev–Trinajstić information content (AvgIpc) is 2.82. The molecule has 0 spiro atoms. The van der Waals surface area contributed by atoms with Crippen LogP contribution in [-0.4, -0.2) is 36.5 Å². The van der Waals surface area contributed by atoms with Gasteiger partial charge in [-0.2, -0.15) is 0 Å². The Morgan fingerprint density at radius 2 is 1.74 bits per heavy atom. The smallest absolute Gasteiger partial charge is 0.235 e. The van der Waals surface area contributed by atoms with Crippen LogP contribution < -0.4 is 10.1 Å². The summed E-state index contributed by atoms with van der Waals surface area (Å²) in [6.45, 7) is 5.16. The van der Waals surface area contributed by atoms with E-state index in [2.05, 4.69) is 29.3 Å². The summed E-state index contributed by atoms with van der Waals surface area (Å²) in [5.74, 6) is 0.976. The summed E-state index contributed by atoms with van der Waals surface area (Å²) in [6, 6.07) is 18.8. The molecule has 0 bridgehead atoms. The summed E-state index contributed by atoms with van der Waals surface area (Å²) in [5.41, 5.74) is 1.56. The lowest BCUT2D eigenvalue weighted by Crippen LogP contribution is -2.42. The van der Waals surface area contributed by atoms with Crippen molar-refractivity contribution in [3.63, 3.8) is 0 Å². The molecule has 2 aliphatic rings. The third-order valence-electron chi connectivity index (χ3n) is 7.17. The predicted octanol–water partition coefficient (Wildman–Crippen LogP) is 5.78. The molecule has 0 radical (unpaired) electrons. The highest BCUT2D eigenvalue weighted by Gasteiger charge is 2.41. The van der Waals surface area contributed by atoms with E-state index in [1.54, 1.807) is 0 Å². The number of nitrogens with one attached hydrogen (secondary N) is 1. The predicted molar refractivity (Wildman–Crippen MR) is 127 cm³/mol. The maximum atomic E-state index is 13.4. The third-order valence-corrected chi connectivity index (χ3v) is 7.17. The number of carbonyl (C=O) groups is 1. The molecule has 4 heteroatoms. The number of rotatable bonds is 7. The Hall–Kier alpha value is -2.33. The van der Waals surface area contributed by atoms with Crippen molar-refractivity contribution in [2.75, 3.05) is 25.0 Å². The average molecular weight is 421 g/mol. The van der Waals surface area contributed by atoms with Gasteiger partial charge in [0.2, 0.25) is 5.91 Å². The van der Waals surface area contributed by atoms with E-state index < -0.39 is 5.41 Å². The number of piperidine rings is 1. The Bertz CT molecular complexity index is 828. The molecule has 1 saturated heterocycles. The van der Waals surface area contributed by atoms with Crippen molar-refractivity contribution in [2.24, 2.45) is 0 Å². The fourth-order valence-corrected chi connectivity index (χ4v) is 5.22. The van der Waals surface area contributed by atoms with E-state index in [9.17, 15) is 4.79 Å². The first-order valence-corrected chi connectivity index (χ1v) is 12.0. The minimum absolute atomic E-state index is 0.117. The van der Waals surface area contributed by atoms with Crippen LogP contribution in [0.2, 0.25) is 0 Å². The van der Waals surface area contributed by atoms with E-state index in [1.165, 1.54) is 32.2 Å². The number of likely N-dealkylation sites (tertiary alicyclic amines) is 1. The molecule has 2 aromatic rings. The number of anilines is 1. The van der Waals surface area contributed by atoms with Crippen LogP contribution >= 0.6 is 0 Å². The molecule has 1 atom stereocenters. The van der Waals surface area contributed by atoms with E-state index in [0.717, 1.165) is 49.2 Å². The lowest BCUT2D eigenvalue weighted by molar-refractivity contribution is -0.122. The summed E-state index contributed by atoms with van der Waals surface area (Å²) in [6.07, 6.45) is 9.18. The molecular weight excluding hydrogens is 384 g/mol. The number of ether oxygens (including phenoxy) is 1. The minimum Gasteiger partial charge on any atom is -0.492 e. The highest BCUT2D eigenvalue weighted by molar-refractivity contribution is 5.99. The molecule has 2 fully saturated rings. The van der Waals surface area contributed by atoms with Gasteiger partial charge in [-0.3, -0.25) is 9.69 Å². The molecule has 31 heavy (non-hydrogen) atoms. The highest BCUT2D eigenvalue weighted by atomic mass is 16.5. The second-order valence-electron chi connectivity index (χ2n) is 9.22. The second-order valence-corrected chi connectivity index (χ2v) is 9.22. The first-order valence-electron chi connectivity index (χ1n) is 12.0. The molecule has 1 amide bonds. The molecule has 0 unspecified atom stereocenters. The van der Waals surface area contributed by atoms with Crippen molar-refractivity contribution in [3.05, 3.63) is 60.2 Å². The van der Waals surface area contributed by atoms with Gasteiger partial charge in [0.25, 0.3) is 0 Å². The molecule has 166 valence electrons. The first kappa shape index (κ1) is 21.9. The van der Waals surface area contributed by atoms with Gasteiger partial charge in [-0.05, 0) is 69.0 Å². The molecule has 1 aliphatic heterocycles. The monoisotopic (exact) mass is 420 g/mol. The molecule has 4 nitrogen and oxygen atoms in total. The van der Waals surface area contributed by atoms with Crippen LogP contribution in [0.25, 0.3) is 0 Å². The van der Waals surface area contributed by atoms with Crippen LogP contribution in [0.3, 0.4) is 0 Å². The van der Waals surface area contributed by atoms with Gasteiger partial charge in [0.15, 0.2) is 0 Å². The molecule has 4 rings (SSSR count). The Labute approximate surface area is 187 Å². The summed E-state index contributed by atoms with van der Waals surface area (Å²) >= 11 is 0. The van der Waals surface area contributed by atoms with Crippen molar-refractivity contribution in [1.29, 1.82) is 0 Å². The van der Waals surface area contributed by atoms with Crippen LogP contribution in [-0.2, 0) is 10.2 Å². The molecule has 0 aromatic heterocycles. The van der Waals surface area contributed by atoms with Crippen molar-refractivity contribution in [1.82, 2.24) is 4.90 Å². The van der Waals surface area contributed by atoms with E-state index in [1.807, 2.05) is 42.5 Å². The zero-order chi connectivity index (χ0) is 21.5. The van der Waals surface area contributed by atoms with Gasteiger partial charge < -0.3 is 10.1 Å². The fourth-order valence-electron chi connectivity index (χ4n) is 5.22. The quantitative estimate of drug-likeness (QED) is 0.617. The van der Waals surface area contributed by atoms with Gasteiger partial charge in [0, 0.05) is 18.3 Å². The van der Waals surface area contributed by atoms with Crippen LogP contribution in [0.15, 0.2) is 54.6 Å². The lowest BCUT2D eigenvalue weighted by Gasteiger charge is -2.36. The third kappa shape index (κ3) is 5.30. The van der Waals surface area contributed by atoms with Crippen molar-refractivity contribution >= 4 is 11.6 Å².